The van der Waals surface area contributed by atoms with E-state index >= 15 is 0 Å². The molecule has 0 fully saturated rings. The maximum atomic E-state index is 6.10. The SMILES string of the molecule is C=Cc1c2c(c(OC)c(OC)c1OC)Cc1ccccc1O2. The van der Waals surface area contributed by atoms with Gasteiger partial charge in [-0.15, -0.1) is 0 Å². The Kier molecular flexibility index (Phi) is 3.67. The maximum Gasteiger partial charge on any atom is 0.204 e. The van der Waals surface area contributed by atoms with Crippen molar-refractivity contribution in [2.45, 2.75) is 6.42 Å². The third-order valence-electron chi connectivity index (χ3n) is 3.82. The van der Waals surface area contributed by atoms with Crippen LogP contribution < -0.4 is 18.9 Å². The second-order valence-electron chi connectivity index (χ2n) is 4.91. The summed E-state index contributed by atoms with van der Waals surface area (Å²) in [7, 11) is 4.80. The van der Waals surface area contributed by atoms with Gasteiger partial charge in [0.1, 0.15) is 11.5 Å². The molecule has 4 heteroatoms. The second kappa shape index (κ2) is 5.64. The van der Waals surface area contributed by atoms with Gasteiger partial charge in [-0.3, -0.25) is 0 Å². The van der Waals surface area contributed by atoms with Crippen molar-refractivity contribution in [1.82, 2.24) is 0 Å². The normalized spacial score (nSPS) is 11.8. The molecule has 0 bridgehead atoms. The molecular formula is C18H18O4. The molecule has 0 unspecified atom stereocenters. The fourth-order valence-electron chi connectivity index (χ4n) is 2.85. The third kappa shape index (κ3) is 1.99. The molecule has 2 aromatic carbocycles. The highest BCUT2D eigenvalue weighted by Crippen LogP contribution is 2.53. The van der Waals surface area contributed by atoms with Crippen molar-refractivity contribution in [2.75, 3.05) is 21.3 Å². The number of rotatable bonds is 4. The zero-order chi connectivity index (χ0) is 15.7. The number of ether oxygens (including phenoxy) is 4. The van der Waals surface area contributed by atoms with E-state index in [1.165, 1.54) is 0 Å². The Hall–Kier alpha value is -2.62. The van der Waals surface area contributed by atoms with Crippen LogP contribution in [-0.4, -0.2) is 21.3 Å². The van der Waals surface area contributed by atoms with Crippen LogP contribution in [0.25, 0.3) is 6.08 Å². The first kappa shape index (κ1) is 14.3. The van der Waals surface area contributed by atoms with Crippen molar-refractivity contribution in [1.29, 1.82) is 0 Å². The number of methoxy groups -OCH3 is 3. The zero-order valence-electron chi connectivity index (χ0n) is 12.9. The van der Waals surface area contributed by atoms with E-state index in [1.54, 1.807) is 27.4 Å². The molecule has 22 heavy (non-hydrogen) atoms. The molecule has 0 spiro atoms. The van der Waals surface area contributed by atoms with E-state index in [-0.39, 0.29) is 0 Å². The van der Waals surface area contributed by atoms with Crippen molar-refractivity contribution in [3.05, 3.63) is 47.5 Å². The Labute approximate surface area is 129 Å². The maximum absolute atomic E-state index is 6.10. The smallest absolute Gasteiger partial charge is 0.204 e. The Morgan fingerprint density at radius 3 is 2.32 bits per heavy atom. The standard InChI is InChI=1S/C18H18O4/c1-5-12-15-13(10-11-8-6-7-9-14(11)22-15)17(20-3)18(21-4)16(12)19-2/h5-9H,1,10H2,2-4H3. The number of fused-ring (bicyclic) bond motifs is 2. The van der Waals surface area contributed by atoms with Crippen LogP contribution in [0.3, 0.4) is 0 Å². The topological polar surface area (TPSA) is 36.9 Å². The summed E-state index contributed by atoms with van der Waals surface area (Å²) >= 11 is 0. The molecule has 4 nitrogen and oxygen atoms in total. The lowest BCUT2D eigenvalue weighted by molar-refractivity contribution is 0.316. The summed E-state index contributed by atoms with van der Waals surface area (Å²) in [6, 6.07) is 7.95. The molecule has 114 valence electrons. The van der Waals surface area contributed by atoms with Crippen LogP contribution in [0.1, 0.15) is 16.7 Å². The van der Waals surface area contributed by atoms with Gasteiger partial charge in [0.2, 0.25) is 5.75 Å². The van der Waals surface area contributed by atoms with Crippen molar-refractivity contribution in [3.8, 4) is 28.7 Å². The number of hydrogen-bond donors (Lipinski definition) is 0. The summed E-state index contributed by atoms with van der Waals surface area (Å²) in [6.45, 7) is 3.88. The summed E-state index contributed by atoms with van der Waals surface area (Å²) in [5, 5.41) is 0. The number of para-hydroxylation sites is 1. The van der Waals surface area contributed by atoms with Gasteiger partial charge in [-0.25, -0.2) is 0 Å². The fourth-order valence-corrected chi connectivity index (χ4v) is 2.85. The van der Waals surface area contributed by atoms with Gasteiger partial charge in [-0.05, 0) is 11.6 Å². The third-order valence-corrected chi connectivity index (χ3v) is 3.82. The van der Waals surface area contributed by atoms with Gasteiger partial charge in [-0.2, -0.15) is 0 Å². The molecular weight excluding hydrogens is 280 g/mol. The van der Waals surface area contributed by atoms with Crippen LogP contribution in [0, 0.1) is 0 Å². The minimum Gasteiger partial charge on any atom is -0.492 e. The van der Waals surface area contributed by atoms with Crippen molar-refractivity contribution in [2.24, 2.45) is 0 Å². The average Bonchev–Trinajstić information content (AvgIpc) is 2.57. The molecule has 0 radical (unpaired) electrons. The number of hydrogen-bond acceptors (Lipinski definition) is 4. The van der Waals surface area contributed by atoms with Gasteiger partial charge in [0.25, 0.3) is 0 Å². The van der Waals surface area contributed by atoms with Gasteiger partial charge in [0, 0.05) is 12.0 Å². The lowest BCUT2D eigenvalue weighted by Crippen LogP contribution is -2.09. The minimum absolute atomic E-state index is 0.557. The summed E-state index contributed by atoms with van der Waals surface area (Å²) < 4.78 is 22.7. The van der Waals surface area contributed by atoms with Crippen molar-refractivity contribution < 1.29 is 18.9 Å². The zero-order valence-corrected chi connectivity index (χ0v) is 12.9. The van der Waals surface area contributed by atoms with Gasteiger partial charge in [-0.1, -0.05) is 30.9 Å². The highest BCUT2D eigenvalue weighted by molar-refractivity contribution is 5.77. The first-order valence-electron chi connectivity index (χ1n) is 6.98. The Morgan fingerprint density at radius 1 is 1.00 bits per heavy atom. The number of benzene rings is 2. The summed E-state index contributed by atoms with van der Waals surface area (Å²) in [5.74, 6) is 3.30. The van der Waals surface area contributed by atoms with Gasteiger partial charge < -0.3 is 18.9 Å². The molecule has 2 aromatic rings. The molecule has 1 aliphatic rings. The largest absolute Gasteiger partial charge is 0.492 e. The minimum atomic E-state index is 0.557. The fraction of sp³-hybridized carbons (Fsp3) is 0.222. The lowest BCUT2D eigenvalue weighted by atomic mass is 9.95. The first-order chi connectivity index (χ1) is 10.7. The van der Waals surface area contributed by atoms with E-state index in [0.717, 1.165) is 22.4 Å². The van der Waals surface area contributed by atoms with E-state index < -0.39 is 0 Å². The van der Waals surface area contributed by atoms with Gasteiger partial charge >= 0.3 is 0 Å². The van der Waals surface area contributed by atoms with Crippen LogP contribution in [0.2, 0.25) is 0 Å². The van der Waals surface area contributed by atoms with E-state index in [4.69, 9.17) is 18.9 Å². The Bertz CT molecular complexity index is 734. The van der Waals surface area contributed by atoms with Crippen molar-refractivity contribution >= 4 is 6.08 Å². The molecule has 0 amide bonds. The monoisotopic (exact) mass is 298 g/mol. The highest BCUT2D eigenvalue weighted by atomic mass is 16.5. The van der Waals surface area contributed by atoms with Crippen LogP contribution in [0.4, 0.5) is 0 Å². The van der Waals surface area contributed by atoms with Crippen LogP contribution in [-0.2, 0) is 6.42 Å². The molecule has 0 aliphatic carbocycles. The molecule has 0 N–H and O–H groups in total. The molecule has 1 heterocycles. The molecule has 0 saturated carbocycles. The molecule has 0 aromatic heterocycles. The van der Waals surface area contributed by atoms with Crippen LogP contribution in [0.5, 0.6) is 28.7 Å². The predicted octanol–water partition coefficient (Wildman–Crippen LogP) is 4.05. The summed E-state index contributed by atoms with van der Waals surface area (Å²) in [4.78, 5) is 0. The average molecular weight is 298 g/mol. The van der Waals surface area contributed by atoms with E-state index in [1.807, 2.05) is 24.3 Å². The first-order valence-corrected chi connectivity index (χ1v) is 6.98. The second-order valence-corrected chi connectivity index (χ2v) is 4.91. The van der Waals surface area contributed by atoms with Crippen molar-refractivity contribution in [3.63, 3.8) is 0 Å². The molecule has 1 aliphatic heterocycles. The predicted molar refractivity (Wildman–Crippen MR) is 85.5 cm³/mol. The molecule has 3 rings (SSSR count). The lowest BCUT2D eigenvalue weighted by Gasteiger charge is -2.26. The Morgan fingerprint density at radius 2 is 1.68 bits per heavy atom. The quantitative estimate of drug-likeness (QED) is 0.728. The summed E-state index contributed by atoms with van der Waals surface area (Å²) in [6.07, 6.45) is 2.42. The summed E-state index contributed by atoms with van der Waals surface area (Å²) in [5.41, 5.74) is 2.81. The van der Waals surface area contributed by atoms with Gasteiger partial charge in [0.15, 0.2) is 11.5 Å². The van der Waals surface area contributed by atoms with Gasteiger partial charge in [0.05, 0.1) is 26.9 Å². The molecule has 0 atom stereocenters. The Balaban J connectivity index is 2.30. The van der Waals surface area contributed by atoms with E-state index in [2.05, 4.69) is 6.58 Å². The van der Waals surface area contributed by atoms with Crippen LogP contribution >= 0.6 is 0 Å². The molecule has 0 saturated heterocycles. The van der Waals surface area contributed by atoms with E-state index in [9.17, 15) is 0 Å². The van der Waals surface area contributed by atoms with Crippen LogP contribution in [0.15, 0.2) is 30.8 Å². The highest BCUT2D eigenvalue weighted by Gasteiger charge is 2.30. The van der Waals surface area contributed by atoms with E-state index in [0.29, 0.717) is 29.4 Å².